The number of thioether (sulfide) groups is 1. The van der Waals surface area contributed by atoms with Gasteiger partial charge in [-0.15, -0.1) is 0 Å². The molecule has 1 heterocycles. The van der Waals surface area contributed by atoms with E-state index in [1.807, 2.05) is 0 Å². The molecule has 1 N–H and O–H groups in total. The van der Waals surface area contributed by atoms with Gasteiger partial charge in [-0.25, -0.2) is 0 Å². The van der Waals surface area contributed by atoms with E-state index in [4.69, 9.17) is 0 Å². The first-order chi connectivity index (χ1) is 9.26. The molecular weight excluding hydrogens is 252 g/mol. The topological polar surface area (TPSA) is 15.3 Å². The van der Waals surface area contributed by atoms with Crippen LogP contribution in [-0.4, -0.2) is 47.6 Å². The highest BCUT2D eigenvalue weighted by molar-refractivity contribution is 8.00. The Hall–Kier alpha value is 0.270. The summed E-state index contributed by atoms with van der Waals surface area (Å²) in [5.41, 5.74) is 0.493. The molecule has 2 saturated carbocycles. The summed E-state index contributed by atoms with van der Waals surface area (Å²) in [7, 11) is 0. The fourth-order valence-electron chi connectivity index (χ4n) is 4.59. The molecule has 1 saturated heterocycles. The maximum absolute atomic E-state index is 3.84. The SMILES string of the molecule is CSC1(CN2CCNC3(CCCC3)C2)CCCCC1. The van der Waals surface area contributed by atoms with Gasteiger partial charge in [0.15, 0.2) is 0 Å². The smallest absolute Gasteiger partial charge is 0.0309 e. The lowest BCUT2D eigenvalue weighted by Crippen LogP contribution is -2.61. The number of rotatable bonds is 3. The van der Waals surface area contributed by atoms with Crippen molar-refractivity contribution >= 4 is 11.8 Å². The molecule has 2 aliphatic carbocycles. The van der Waals surface area contributed by atoms with Crippen LogP contribution in [0.1, 0.15) is 57.8 Å². The quantitative estimate of drug-likeness (QED) is 0.855. The average Bonchev–Trinajstić information content (AvgIpc) is 2.88. The van der Waals surface area contributed by atoms with Crippen LogP contribution in [0.2, 0.25) is 0 Å². The van der Waals surface area contributed by atoms with Crippen molar-refractivity contribution in [3.63, 3.8) is 0 Å². The zero-order chi connectivity index (χ0) is 13.2. The molecule has 3 heteroatoms. The highest BCUT2D eigenvalue weighted by atomic mass is 32.2. The molecule has 2 nitrogen and oxygen atoms in total. The molecule has 3 rings (SSSR count). The first-order valence-corrected chi connectivity index (χ1v) is 9.51. The molecule has 0 unspecified atom stereocenters. The van der Waals surface area contributed by atoms with Crippen LogP contribution in [0.25, 0.3) is 0 Å². The summed E-state index contributed by atoms with van der Waals surface area (Å²) in [5.74, 6) is 0. The lowest BCUT2D eigenvalue weighted by atomic mass is 9.86. The van der Waals surface area contributed by atoms with E-state index in [2.05, 4.69) is 28.2 Å². The van der Waals surface area contributed by atoms with Crippen LogP contribution in [0.4, 0.5) is 0 Å². The number of piperazine rings is 1. The van der Waals surface area contributed by atoms with Gasteiger partial charge in [0.25, 0.3) is 0 Å². The Balaban J connectivity index is 1.61. The molecular formula is C16H30N2S. The minimum atomic E-state index is 0.493. The van der Waals surface area contributed by atoms with E-state index < -0.39 is 0 Å². The summed E-state index contributed by atoms with van der Waals surface area (Å²) in [6.07, 6.45) is 15.3. The molecule has 0 amide bonds. The second kappa shape index (κ2) is 5.95. The molecule has 0 aromatic heterocycles. The van der Waals surface area contributed by atoms with Gasteiger partial charge in [-0.3, -0.25) is 4.90 Å². The van der Waals surface area contributed by atoms with Crippen LogP contribution in [0.15, 0.2) is 0 Å². The van der Waals surface area contributed by atoms with E-state index in [0.29, 0.717) is 10.3 Å². The van der Waals surface area contributed by atoms with Crippen LogP contribution in [-0.2, 0) is 0 Å². The zero-order valence-corrected chi connectivity index (χ0v) is 13.4. The molecule has 1 aliphatic heterocycles. The minimum absolute atomic E-state index is 0.493. The van der Waals surface area contributed by atoms with E-state index in [9.17, 15) is 0 Å². The van der Waals surface area contributed by atoms with Crippen molar-refractivity contribution in [3.8, 4) is 0 Å². The van der Waals surface area contributed by atoms with Crippen molar-refractivity contribution in [1.29, 1.82) is 0 Å². The molecule has 0 atom stereocenters. The van der Waals surface area contributed by atoms with Gasteiger partial charge in [-0.2, -0.15) is 11.8 Å². The molecule has 1 spiro atoms. The summed E-state index contributed by atoms with van der Waals surface area (Å²) < 4.78 is 0.579. The standard InChI is InChI=1S/C16H30N2S/c1-19-16(9-3-2-4-10-16)14-18-12-11-17-15(13-18)7-5-6-8-15/h17H,2-14H2,1H3. The summed E-state index contributed by atoms with van der Waals surface area (Å²) in [6, 6.07) is 0. The monoisotopic (exact) mass is 282 g/mol. The Labute approximate surface area is 123 Å². The van der Waals surface area contributed by atoms with Gasteiger partial charge in [0.1, 0.15) is 0 Å². The third kappa shape index (κ3) is 3.14. The number of hydrogen-bond acceptors (Lipinski definition) is 3. The first kappa shape index (κ1) is 14.2. The van der Waals surface area contributed by atoms with Gasteiger partial charge < -0.3 is 5.32 Å². The fraction of sp³-hybridized carbons (Fsp3) is 1.00. The molecule has 3 aliphatic rings. The predicted molar refractivity (Wildman–Crippen MR) is 85.0 cm³/mol. The molecule has 0 aromatic rings. The number of hydrogen-bond donors (Lipinski definition) is 1. The van der Waals surface area contributed by atoms with Crippen LogP contribution >= 0.6 is 11.8 Å². The number of nitrogens with one attached hydrogen (secondary N) is 1. The lowest BCUT2D eigenvalue weighted by Gasteiger charge is -2.46. The van der Waals surface area contributed by atoms with Crippen LogP contribution in [0.3, 0.4) is 0 Å². The van der Waals surface area contributed by atoms with Crippen molar-refractivity contribution in [3.05, 3.63) is 0 Å². The van der Waals surface area contributed by atoms with Gasteiger partial charge in [0, 0.05) is 36.5 Å². The van der Waals surface area contributed by atoms with Crippen molar-refractivity contribution in [2.75, 3.05) is 32.4 Å². The Morgan fingerprint density at radius 1 is 1.00 bits per heavy atom. The maximum atomic E-state index is 3.84. The Kier molecular flexibility index (Phi) is 4.45. The van der Waals surface area contributed by atoms with E-state index in [0.717, 1.165) is 0 Å². The van der Waals surface area contributed by atoms with E-state index >= 15 is 0 Å². The molecule has 19 heavy (non-hydrogen) atoms. The molecule has 110 valence electrons. The van der Waals surface area contributed by atoms with Gasteiger partial charge in [-0.1, -0.05) is 32.1 Å². The van der Waals surface area contributed by atoms with E-state index in [-0.39, 0.29) is 0 Å². The second-order valence-corrected chi connectivity index (χ2v) is 8.35. The summed E-state index contributed by atoms with van der Waals surface area (Å²) >= 11 is 2.16. The molecule has 0 radical (unpaired) electrons. The molecule has 3 fully saturated rings. The average molecular weight is 282 g/mol. The minimum Gasteiger partial charge on any atom is -0.309 e. The summed E-state index contributed by atoms with van der Waals surface area (Å²) in [5, 5.41) is 3.84. The molecule has 0 bridgehead atoms. The Morgan fingerprint density at radius 2 is 1.68 bits per heavy atom. The largest absolute Gasteiger partial charge is 0.309 e. The highest BCUT2D eigenvalue weighted by Gasteiger charge is 2.40. The van der Waals surface area contributed by atoms with Gasteiger partial charge >= 0.3 is 0 Å². The predicted octanol–water partition coefficient (Wildman–Crippen LogP) is 3.27. The fourth-order valence-corrected chi connectivity index (χ4v) is 5.60. The van der Waals surface area contributed by atoms with Crippen LogP contribution in [0, 0.1) is 0 Å². The van der Waals surface area contributed by atoms with Crippen LogP contribution in [0.5, 0.6) is 0 Å². The van der Waals surface area contributed by atoms with E-state index in [1.165, 1.54) is 84.0 Å². The Morgan fingerprint density at radius 3 is 2.37 bits per heavy atom. The zero-order valence-electron chi connectivity index (χ0n) is 12.5. The van der Waals surface area contributed by atoms with Gasteiger partial charge in [0.2, 0.25) is 0 Å². The third-order valence-electron chi connectivity index (χ3n) is 5.72. The van der Waals surface area contributed by atoms with Gasteiger partial charge in [-0.05, 0) is 31.9 Å². The summed E-state index contributed by atoms with van der Waals surface area (Å²) in [6.45, 7) is 5.14. The molecule has 0 aromatic carbocycles. The van der Waals surface area contributed by atoms with E-state index in [1.54, 1.807) is 0 Å². The Bertz CT molecular complexity index is 293. The van der Waals surface area contributed by atoms with Crippen molar-refractivity contribution < 1.29 is 0 Å². The number of nitrogens with zero attached hydrogens (tertiary/aromatic N) is 1. The lowest BCUT2D eigenvalue weighted by molar-refractivity contribution is 0.117. The first-order valence-electron chi connectivity index (χ1n) is 8.29. The maximum Gasteiger partial charge on any atom is 0.0309 e. The van der Waals surface area contributed by atoms with Crippen molar-refractivity contribution in [1.82, 2.24) is 10.2 Å². The van der Waals surface area contributed by atoms with Gasteiger partial charge in [0.05, 0.1) is 0 Å². The third-order valence-corrected chi connectivity index (χ3v) is 7.13. The second-order valence-electron chi connectivity index (χ2n) is 7.07. The van der Waals surface area contributed by atoms with Crippen molar-refractivity contribution in [2.45, 2.75) is 68.1 Å². The van der Waals surface area contributed by atoms with Crippen LogP contribution < -0.4 is 5.32 Å². The van der Waals surface area contributed by atoms with Crippen molar-refractivity contribution in [2.24, 2.45) is 0 Å². The highest BCUT2D eigenvalue weighted by Crippen LogP contribution is 2.40. The summed E-state index contributed by atoms with van der Waals surface area (Å²) in [4.78, 5) is 2.80. The normalized spacial score (nSPS) is 30.8.